The van der Waals surface area contributed by atoms with Gasteiger partial charge in [0.05, 0.1) is 30.1 Å². The number of aromatic hydroxyl groups is 1. The molecule has 94 valence electrons. The minimum absolute atomic E-state index is 0.0554. The molecule has 0 saturated carbocycles. The van der Waals surface area contributed by atoms with Crippen molar-refractivity contribution < 1.29 is 9.84 Å². The highest BCUT2D eigenvalue weighted by Crippen LogP contribution is 2.30. The third-order valence-corrected chi connectivity index (χ3v) is 2.44. The van der Waals surface area contributed by atoms with Crippen molar-refractivity contribution in [2.24, 2.45) is 10.2 Å². The first-order valence-corrected chi connectivity index (χ1v) is 5.52. The molecule has 0 atom stereocenters. The van der Waals surface area contributed by atoms with Crippen molar-refractivity contribution in [1.29, 1.82) is 5.26 Å². The topological polar surface area (TPSA) is 78.0 Å². The van der Waals surface area contributed by atoms with Gasteiger partial charge in [0.1, 0.15) is 0 Å². The van der Waals surface area contributed by atoms with Gasteiger partial charge in [0, 0.05) is 6.07 Å². The van der Waals surface area contributed by atoms with E-state index < -0.39 is 0 Å². The molecule has 2 aromatic carbocycles. The van der Waals surface area contributed by atoms with Gasteiger partial charge in [-0.05, 0) is 36.4 Å². The first-order valence-electron chi connectivity index (χ1n) is 5.52. The van der Waals surface area contributed by atoms with Gasteiger partial charge in [0.25, 0.3) is 0 Å². The predicted molar refractivity (Wildman–Crippen MR) is 70.0 cm³/mol. The maximum atomic E-state index is 9.45. The van der Waals surface area contributed by atoms with E-state index in [4.69, 9.17) is 10.00 Å². The molecule has 0 amide bonds. The van der Waals surface area contributed by atoms with Crippen LogP contribution in [0, 0.1) is 11.3 Å². The van der Waals surface area contributed by atoms with Crippen LogP contribution in [0.25, 0.3) is 0 Å². The second-order valence-electron chi connectivity index (χ2n) is 3.71. The molecule has 2 aromatic rings. The number of phenols is 1. The number of methoxy groups -OCH3 is 1. The summed E-state index contributed by atoms with van der Waals surface area (Å²) in [6, 6.07) is 13.5. The van der Waals surface area contributed by atoms with Gasteiger partial charge in [-0.1, -0.05) is 0 Å². The maximum absolute atomic E-state index is 9.45. The summed E-state index contributed by atoms with van der Waals surface area (Å²) in [5.41, 5.74) is 1.79. The van der Waals surface area contributed by atoms with Crippen molar-refractivity contribution in [3.8, 4) is 17.6 Å². The Hall–Kier alpha value is -2.87. The van der Waals surface area contributed by atoms with E-state index in [1.165, 1.54) is 13.2 Å². The fourth-order valence-corrected chi connectivity index (χ4v) is 1.45. The van der Waals surface area contributed by atoms with Crippen LogP contribution in [0.2, 0.25) is 0 Å². The minimum Gasteiger partial charge on any atom is -0.504 e. The van der Waals surface area contributed by atoms with Crippen molar-refractivity contribution in [2.45, 2.75) is 0 Å². The number of benzene rings is 2. The van der Waals surface area contributed by atoms with Crippen molar-refractivity contribution in [1.82, 2.24) is 0 Å². The van der Waals surface area contributed by atoms with Gasteiger partial charge in [-0.2, -0.15) is 15.5 Å². The van der Waals surface area contributed by atoms with Gasteiger partial charge in [0.15, 0.2) is 11.5 Å². The lowest BCUT2D eigenvalue weighted by molar-refractivity contribution is 0.373. The highest BCUT2D eigenvalue weighted by molar-refractivity contribution is 5.51. The number of nitriles is 1. The fourth-order valence-electron chi connectivity index (χ4n) is 1.45. The number of hydrogen-bond acceptors (Lipinski definition) is 5. The molecule has 0 aliphatic carbocycles. The zero-order chi connectivity index (χ0) is 13.7. The summed E-state index contributed by atoms with van der Waals surface area (Å²) in [6.07, 6.45) is 0. The first-order chi connectivity index (χ1) is 9.22. The van der Waals surface area contributed by atoms with Crippen molar-refractivity contribution in [3.63, 3.8) is 0 Å². The van der Waals surface area contributed by atoms with E-state index >= 15 is 0 Å². The van der Waals surface area contributed by atoms with Gasteiger partial charge in [-0.25, -0.2) is 0 Å². The summed E-state index contributed by atoms with van der Waals surface area (Å²) in [5, 5.41) is 26.2. The highest BCUT2D eigenvalue weighted by atomic mass is 16.5. The van der Waals surface area contributed by atoms with Crippen LogP contribution in [-0.2, 0) is 0 Å². The van der Waals surface area contributed by atoms with E-state index in [2.05, 4.69) is 10.2 Å². The molecule has 0 spiro atoms. The smallest absolute Gasteiger partial charge is 0.162 e. The van der Waals surface area contributed by atoms with Gasteiger partial charge in [-0.3, -0.25) is 0 Å². The van der Waals surface area contributed by atoms with E-state index in [0.29, 0.717) is 22.7 Å². The Labute approximate surface area is 110 Å². The van der Waals surface area contributed by atoms with Gasteiger partial charge in [0.2, 0.25) is 0 Å². The second kappa shape index (κ2) is 5.65. The van der Waals surface area contributed by atoms with Crippen LogP contribution < -0.4 is 4.74 Å². The van der Waals surface area contributed by atoms with Crippen LogP contribution in [0.15, 0.2) is 52.7 Å². The number of nitrogens with zero attached hydrogens (tertiary/aromatic N) is 3. The molecule has 0 aliphatic rings. The Balaban J connectivity index is 2.20. The summed E-state index contributed by atoms with van der Waals surface area (Å²) < 4.78 is 4.98. The molecule has 0 radical (unpaired) electrons. The summed E-state index contributed by atoms with van der Waals surface area (Å²) in [7, 11) is 1.47. The van der Waals surface area contributed by atoms with E-state index in [0.717, 1.165) is 0 Å². The average Bonchev–Trinajstić information content (AvgIpc) is 2.47. The Kier molecular flexibility index (Phi) is 3.74. The Morgan fingerprint density at radius 1 is 1.05 bits per heavy atom. The molecule has 1 N–H and O–H groups in total. The largest absolute Gasteiger partial charge is 0.504 e. The quantitative estimate of drug-likeness (QED) is 0.847. The summed E-state index contributed by atoms with van der Waals surface area (Å²) >= 11 is 0. The highest BCUT2D eigenvalue weighted by Gasteiger charge is 2.01. The zero-order valence-electron chi connectivity index (χ0n) is 10.2. The monoisotopic (exact) mass is 253 g/mol. The lowest BCUT2D eigenvalue weighted by Crippen LogP contribution is -1.82. The molecule has 5 nitrogen and oxygen atoms in total. The fraction of sp³-hybridized carbons (Fsp3) is 0.0714. The molecule has 0 heterocycles. The third kappa shape index (κ3) is 3.07. The first kappa shape index (κ1) is 12.6. The molecule has 0 aliphatic heterocycles. The predicted octanol–water partition coefficient (Wildman–Crippen LogP) is 3.69. The van der Waals surface area contributed by atoms with Crippen molar-refractivity contribution in [3.05, 3.63) is 48.0 Å². The van der Waals surface area contributed by atoms with E-state index in [1.54, 1.807) is 36.4 Å². The number of phenolic OH excluding ortho intramolecular Hbond substituents is 1. The van der Waals surface area contributed by atoms with Crippen molar-refractivity contribution >= 4 is 11.4 Å². The zero-order valence-corrected chi connectivity index (χ0v) is 10.2. The second-order valence-corrected chi connectivity index (χ2v) is 3.71. The molecule has 0 fully saturated rings. The van der Waals surface area contributed by atoms with Gasteiger partial charge in [-0.15, -0.1) is 0 Å². The number of rotatable bonds is 3. The summed E-state index contributed by atoms with van der Waals surface area (Å²) in [4.78, 5) is 0. The third-order valence-electron chi connectivity index (χ3n) is 2.44. The standard InChI is InChI=1S/C14H11N3O2/c1-19-14-8-12(6-7-13(14)18)17-16-11-4-2-10(9-15)3-5-11/h2-8,18H,1H3. The van der Waals surface area contributed by atoms with Gasteiger partial charge < -0.3 is 9.84 Å². The van der Waals surface area contributed by atoms with Crippen molar-refractivity contribution in [2.75, 3.05) is 7.11 Å². The molecule has 0 bridgehead atoms. The summed E-state index contributed by atoms with van der Waals surface area (Å²) in [5.74, 6) is 0.399. The van der Waals surface area contributed by atoms with Crippen LogP contribution in [0.3, 0.4) is 0 Å². The Morgan fingerprint density at radius 2 is 1.68 bits per heavy atom. The van der Waals surface area contributed by atoms with Crippen LogP contribution in [-0.4, -0.2) is 12.2 Å². The molecule has 5 heteroatoms. The summed E-state index contributed by atoms with van der Waals surface area (Å²) in [6.45, 7) is 0. The van der Waals surface area contributed by atoms with Crippen LogP contribution in [0.5, 0.6) is 11.5 Å². The number of ether oxygens (including phenoxy) is 1. The normalized spacial score (nSPS) is 10.3. The van der Waals surface area contributed by atoms with E-state index in [-0.39, 0.29) is 5.75 Å². The lowest BCUT2D eigenvalue weighted by atomic mass is 10.2. The number of hydrogen-bond donors (Lipinski definition) is 1. The lowest BCUT2D eigenvalue weighted by Gasteiger charge is -2.02. The molecular weight excluding hydrogens is 242 g/mol. The minimum atomic E-state index is 0.0554. The SMILES string of the molecule is COc1cc(N=Nc2ccc(C#N)cc2)ccc1O. The maximum Gasteiger partial charge on any atom is 0.162 e. The Morgan fingerprint density at radius 3 is 2.32 bits per heavy atom. The van der Waals surface area contributed by atoms with E-state index in [1.807, 2.05) is 6.07 Å². The molecule has 0 saturated heterocycles. The molecule has 2 rings (SSSR count). The molecular formula is C14H11N3O2. The molecule has 19 heavy (non-hydrogen) atoms. The van der Waals surface area contributed by atoms with E-state index in [9.17, 15) is 5.11 Å². The van der Waals surface area contributed by atoms with Crippen LogP contribution in [0.4, 0.5) is 11.4 Å². The van der Waals surface area contributed by atoms with Crippen LogP contribution >= 0.6 is 0 Å². The Bertz CT molecular complexity index is 643. The van der Waals surface area contributed by atoms with Crippen LogP contribution in [0.1, 0.15) is 5.56 Å². The molecule has 0 aromatic heterocycles. The number of azo groups is 1. The average molecular weight is 253 g/mol. The van der Waals surface area contributed by atoms with Gasteiger partial charge >= 0.3 is 0 Å². The molecule has 0 unspecified atom stereocenters.